The van der Waals surface area contributed by atoms with Gasteiger partial charge in [-0.15, -0.1) is 6.42 Å². The molecule has 0 bridgehead atoms. The van der Waals surface area contributed by atoms with Crippen LogP contribution < -0.4 is 0 Å². The lowest BCUT2D eigenvalue weighted by molar-refractivity contribution is -0.141. The number of halogens is 3. The summed E-state index contributed by atoms with van der Waals surface area (Å²) in [6.07, 6.45) is 0.534. The molecule has 1 unspecified atom stereocenters. The van der Waals surface area contributed by atoms with Crippen LogP contribution in [0.1, 0.15) is 17.1 Å². The quantitative estimate of drug-likeness (QED) is 0.696. The summed E-state index contributed by atoms with van der Waals surface area (Å²) in [7, 11) is 0. The van der Waals surface area contributed by atoms with E-state index in [0.29, 0.717) is 11.1 Å². The number of aromatic nitrogens is 2. The number of nitrogens with zero attached hydrogens (tertiary/aromatic N) is 2. The number of terminal acetylenes is 1. The Labute approximate surface area is 126 Å². The van der Waals surface area contributed by atoms with E-state index >= 15 is 0 Å². The molecule has 1 heterocycles. The van der Waals surface area contributed by atoms with E-state index in [0.717, 1.165) is 6.07 Å². The third kappa shape index (κ3) is 3.90. The minimum atomic E-state index is -4.68. The summed E-state index contributed by atoms with van der Waals surface area (Å²) in [5.74, 6) is 1.45. The number of alkyl halides is 3. The zero-order valence-corrected chi connectivity index (χ0v) is 11.8. The summed E-state index contributed by atoms with van der Waals surface area (Å²) in [6.45, 7) is 0. The van der Waals surface area contributed by atoms with Gasteiger partial charge in [0.2, 0.25) is 0 Å². The lowest BCUT2D eigenvalue weighted by Crippen LogP contribution is -2.12. The van der Waals surface area contributed by atoms with Crippen molar-refractivity contribution >= 4 is 11.1 Å². The maximum Gasteiger partial charge on any atom is 0.433 e. The van der Waals surface area contributed by atoms with E-state index in [1.54, 1.807) is 12.1 Å². The third-order valence-corrected chi connectivity index (χ3v) is 3.17. The molecule has 1 aromatic heterocycles. The fraction of sp³-hybridized carbons (Fsp3) is 0.143. The number of hydrogen-bond acceptors (Lipinski definition) is 3. The molecule has 0 spiro atoms. The smallest absolute Gasteiger partial charge is 0.306 e. The molecule has 4 nitrogen and oxygen atoms in total. The molecular formula is C14H9F3N2O2S. The minimum Gasteiger partial charge on any atom is -0.306 e. The summed E-state index contributed by atoms with van der Waals surface area (Å²) in [5.41, 5.74) is -0.187. The first kappa shape index (κ1) is 16.1. The molecule has 2 aromatic rings. The maximum atomic E-state index is 12.9. The molecule has 0 fully saturated rings. The number of hydrogen-bond donors (Lipinski definition) is 1. The van der Waals surface area contributed by atoms with Crippen molar-refractivity contribution in [1.82, 2.24) is 9.97 Å². The molecule has 8 heteroatoms. The van der Waals surface area contributed by atoms with Crippen LogP contribution in [0.2, 0.25) is 0 Å². The minimum absolute atomic E-state index is 0.00588. The SMILES string of the molecule is C#Cc1ccc(-c2cc(C(F)(F)F)nc(CS(=O)O)n2)cc1. The van der Waals surface area contributed by atoms with E-state index in [1.807, 2.05) is 0 Å². The van der Waals surface area contributed by atoms with Gasteiger partial charge in [-0.25, -0.2) is 14.2 Å². The molecule has 114 valence electrons. The van der Waals surface area contributed by atoms with E-state index in [-0.39, 0.29) is 11.5 Å². The van der Waals surface area contributed by atoms with Crippen LogP contribution in [0.4, 0.5) is 13.2 Å². The molecular weight excluding hydrogens is 317 g/mol. The van der Waals surface area contributed by atoms with Gasteiger partial charge in [0, 0.05) is 11.1 Å². The molecule has 0 aliphatic heterocycles. The Bertz CT molecular complexity index is 752. The fourth-order valence-electron chi connectivity index (χ4n) is 1.70. The van der Waals surface area contributed by atoms with Gasteiger partial charge in [0.15, 0.2) is 11.1 Å². The summed E-state index contributed by atoms with van der Waals surface area (Å²) in [5, 5.41) is 0. The van der Waals surface area contributed by atoms with E-state index in [2.05, 4.69) is 15.9 Å². The lowest BCUT2D eigenvalue weighted by Gasteiger charge is -2.10. The largest absolute Gasteiger partial charge is 0.433 e. The average molecular weight is 326 g/mol. The predicted molar refractivity (Wildman–Crippen MR) is 74.9 cm³/mol. The predicted octanol–water partition coefficient (Wildman–Crippen LogP) is 2.87. The van der Waals surface area contributed by atoms with Gasteiger partial charge >= 0.3 is 6.18 Å². The van der Waals surface area contributed by atoms with Gasteiger partial charge in [-0.3, -0.25) is 0 Å². The van der Waals surface area contributed by atoms with Crippen LogP contribution in [0.5, 0.6) is 0 Å². The van der Waals surface area contributed by atoms with E-state index in [4.69, 9.17) is 11.0 Å². The lowest BCUT2D eigenvalue weighted by atomic mass is 10.1. The first-order valence-corrected chi connectivity index (χ1v) is 7.17. The number of benzene rings is 1. The molecule has 0 radical (unpaired) electrons. The first-order valence-electron chi connectivity index (χ1n) is 5.89. The normalized spacial score (nSPS) is 12.7. The summed E-state index contributed by atoms with van der Waals surface area (Å²) in [6, 6.07) is 6.96. The van der Waals surface area contributed by atoms with Crippen molar-refractivity contribution in [3.63, 3.8) is 0 Å². The zero-order chi connectivity index (χ0) is 16.3. The number of rotatable bonds is 3. The monoisotopic (exact) mass is 326 g/mol. The summed E-state index contributed by atoms with van der Waals surface area (Å²) >= 11 is -2.34. The van der Waals surface area contributed by atoms with Crippen molar-refractivity contribution in [2.24, 2.45) is 0 Å². The Morgan fingerprint density at radius 3 is 2.36 bits per heavy atom. The Hall–Kier alpha value is -2.24. The van der Waals surface area contributed by atoms with Gasteiger partial charge in [0.25, 0.3) is 0 Å². The molecule has 0 amide bonds. The van der Waals surface area contributed by atoms with Crippen molar-refractivity contribution in [3.8, 4) is 23.6 Å². The highest BCUT2D eigenvalue weighted by molar-refractivity contribution is 7.78. The molecule has 0 saturated carbocycles. The zero-order valence-electron chi connectivity index (χ0n) is 11.0. The van der Waals surface area contributed by atoms with Gasteiger partial charge in [0.1, 0.15) is 17.3 Å². The molecule has 1 N–H and O–H groups in total. The van der Waals surface area contributed by atoms with Crippen LogP contribution in [0.25, 0.3) is 11.3 Å². The van der Waals surface area contributed by atoms with E-state index in [1.165, 1.54) is 12.1 Å². The van der Waals surface area contributed by atoms with E-state index < -0.39 is 28.7 Å². The van der Waals surface area contributed by atoms with Crippen molar-refractivity contribution < 1.29 is 21.9 Å². The van der Waals surface area contributed by atoms with E-state index in [9.17, 15) is 17.4 Å². The molecule has 1 aromatic carbocycles. The highest BCUT2D eigenvalue weighted by atomic mass is 32.2. The van der Waals surface area contributed by atoms with Crippen LogP contribution in [0, 0.1) is 12.3 Å². The van der Waals surface area contributed by atoms with Crippen molar-refractivity contribution in [2.75, 3.05) is 0 Å². The Morgan fingerprint density at radius 2 is 1.86 bits per heavy atom. The summed E-state index contributed by atoms with van der Waals surface area (Å²) < 4.78 is 58.2. The van der Waals surface area contributed by atoms with Crippen LogP contribution in [-0.2, 0) is 23.0 Å². The van der Waals surface area contributed by atoms with Crippen molar-refractivity contribution in [1.29, 1.82) is 0 Å². The molecule has 1 atom stereocenters. The molecule has 0 saturated heterocycles. The molecule has 0 aliphatic carbocycles. The fourth-order valence-corrected chi connectivity index (χ4v) is 2.05. The van der Waals surface area contributed by atoms with Crippen LogP contribution in [-0.4, -0.2) is 18.7 Å². The standard InChI is InChI=1S/C14H9F3N2O2S/c1-2-9-3-5-10(6-4-9)11-7-12(14(15,16)17)19-13(18-11)8-22(20)21/h1,3-7H,8H2,(H,20,21). The van der Waals surface area contributed by atoms with Crippen molar-refractivity contribution in [3.05, 3.63) is 47.4 Å². The Balaban J connectivity index is 2.53. The topological polar surface area (TPSA) is 63.1 Å². The second-order valence-electron chi connectivity index (χ2n) is 4.24. The van der Waals surface area contributed by atoms with Gasteiger partial charge in [-0.2, -0.15) is 13.2 Å². The first-order chi connectivity index (χ1) is 10.3. The highest BCUT2D eigenvalue weighted by Gasteiger charge is 2.33. The van der Waals surface area contributed by atoms with Gasteiger partial charge in [0.05, 0.1) is 5.69 Å². The second-order valence-corrected chi connectivity index (χ2v) is 5.17. The molecule has 22 heavy (non-hydrogen) atoms. The van der Waals surface area contributed by atoms with Gasteiger partial charge in [-0.05, 0) is 18.2 Å². The maximum absolute atomic E-state index is 12.9. The Morgan fingerprint density at radius 1 is 1.23 bits per heavy atom. The van der Waals surface area contributed by atoms with Crippen LogP contribution in [0.15, 0.2) is 30.3 Å². The van der Waals surface area contributed by atoms with Gasteiger partial charge < -0.3 is 4.55 Å². The molecule has 0 aliphatic rings. The van der Waals surface area contributed by atoms with Crippen LogP contribution >= 0.6 is 0 Å². The highest BCUT2D eigenvalue weighted by Crippen LogP contribution is 2.30. The second kappa shape index (κ2) is 6.25. The van der Waals surface area contributed by atoms with Crippen molar-refractivity contribution in [2.45, 2.75) is 11.9 Å². The van der Waals surface area contributed by atoms with Gasteiger partial charge in [-0.1, -0.05) is 18.1 Å². The molecule has 2 rings (SSSR count). The Kier molecular flexibility index (Phi) is 4.59. The van der Waals surface area contributed by atoms with Crippen LogP contribution in [0.3, 0.4) is 0 Å². The third-order valence-electron chi connectivity index (χ3n) is 2.66. The summed E-state index contributed by atoms with van der Waals surface area (Å²) in [4.78, 5) is 7.18. The average Bonchev–Trinajstić information content (AvgIpc) is 2.45.